The van der Waals surface area contributed by atoms with Gasteiger partial charge in [0.2, 0.25) is 6.04 Å². The van der Waals surface area contributed by atoms with Crippen molar-refractivity contribution in [1.29, 1.82) is 0 Å². The largest absolute Gasteiger partial charge is 0.292 e. The lowest BCUT2D eigenvalue weighted by molar-refractivity contribution is -0.529. The predicted molar refractivity (Wildman–Crippen MR) is 75.4 cm³/mol. The molecule has 4 nitrogen and oxygen atoms in total. The van der Waals surface area contributed by atoms with E-state index in [-0.39, 0.29) is 16.3 Å². The van der Waals surface area contributed by atoms with Gasteiger partial charge in [-0.15, -0.1) is 0 Å². The van der Waals surface area contributed by atoms with E-state index in [1.807, 2.05) is 18.2 Å². The van der Waals surface area contributed by atoms with E-state index < -0.39 is 6.04 Å². The molecule has 0 bridgehead atoms. The maximum atomic E-state index is 11.2. The fourth-order valence-electron chi connectivity index (χ4n) is 2.90. The molecule has 0 aromatic heterocycles. The Kier molecular flexibility index (Phi) is 3.90. The van der Waals surface area contributed by atoms with Crippen molar-refractivity contribution in [3.05, 3.63) is 46.0 Å². The van der Waals surface area contributed by atoms with Crippen LogP contribution in [0.3, 0.4) is 0 Å². The molecule has 0 N–H and O–H groups in total. The van der Waals surface area contributed by atoms with E-state index in [0.717, 1.165) is 13.1 Å². The van der Waals surface area contributed by atoms with Crippen LogP contribution in [0.15, 0.2) is 30.3 Å². The summed E-state index contributed by atoms with van der Waals surface area (Å²) in [4.78, 5) is 13.3. The van der Waals surface area contributed by atoms with Crippen LogP contribution < -0.4 is 0 Å². The quantitative estimate of drug-likeness (QED) is 0.621. The van der Waals surface area contributed by atoms with Crippen LogP contribution in [0.2, 0.25) is 0 Å². The summed E-state index contributed by atoms with van der Waals surface area (Å²) in [5.41, 5.74) is 1.20. The molecule has 0 radical (unpaired) electrons. The van der Waals surface area contributed by atoms with E-state index in [9.17, 15) is 10.1 Å². The second-order valence-corrected chi connectivity index (χ2v) is 6.50. The maximum absolute atomic E-state index is 11.2. The highest BCUT2D eigenvalue weighted by atomic mass is 16.6. The van der Waals surface area contributed by atoms with Gasteiger partial charge in [-0.2, -0.15) is 0 Å². The monoisotopic (exact) mass is 262 g/mol. The summed E-state index contributed by atoms with van der Waals surface area (Å²) >= 11 is 0. The summed E-state index contributed by atoms with van der Waals surface area (Å²) in [5, 5.41) is 11.2. The van der Waals surface area contributed by atoms with Crippen LogP contribution in [0, 0.1) is 21.4 Å². The van der Waals surface area contributed by atoms with E-state index in [2.05, 4.69) is 37.8 Å². The minimum absolute atomic E-state index is 0.0246. The van der Waals surface area contributed by atoms with Gasteiger partial charge in [0.05, 0.1) is 6.54 Å². The number of hydrogen-bond donors (Lipinski definition) is 0. The third-order valence-electron chi connectivity index (χ3n) is 4.00. The van der Waals surface area contributed by atoms with Gasteiger partial charge in [-0.05, 0) is 11.0 Å². The molecule has 1 heterocycles. The molecule has 104 valence electrons. The van der Waals surface area contributed by atoms with Gasteiger partial charge in [0.15, 0.2) is 0 Å². The molecule has 0 amide bonds. The zero-order valence-electron chi connectivity index (χ0n) is 11.9. The molecule has 0 saturated carbocycles. The van der Waals surface area contributed by atoms with Gasteiger partial charge in [-0.25, -0.2) is 0 Å². The lowest BCUT2D eigenvalue weighted by Gasteiger charge is -2.27. The minimum atomic E-state index is -0.441. The van der Waals surface area contributed by atoms with Crippen molar-refractivity contribution in [2.75, 3.05) is 13.1 Å². The molecule has 1 aromatic rings. The molecule has 2 unspecified atom stereocenters. The van der Waals surface area contributed by atoms with Gasteiger partial charge in [0, 0.05) is 23.9 Å². The van der Waals surface area contributed by atoms with E-state index in [4.69, 9.17) is 0 Å². The first-order chi connectivity index (χ1) is 8.88. The van der Waals surface area contributed by atoms with E-state index in [0.29, 0.717) is 6.54 Å². The fraction of sp³-hybridized carbons (Fsp3) is 0.600. The van der Waals surface area contributed by atoms with E-state index in [1.54, 1.807) is 0 Å². The lowest BCUT2D eigenvalue weighted by atomic mass is 9.78. The van der Waals surface area contributed by atoms with Crippen LogP contribution >= 0.6 is 0 Å². The summed E-state index contributed by atoms with van der Waals surface area (Å²) < 4.78 is 0. The standard InChI is InChI=1S/C15H22N2O2/c1-15(2,3)13-10-16(11-14(13)17(18)19)9-12-7-5-4-6-8-12/h4-8,13-14H,9-11H2,1-3H3. The van der Waals surface area contributed by atoms with Gasteiger partial charge >= 0.3 is 0 Å². The highest BCUT2D eigenvalue weighted by molar-refractivity contribution is 5.14. The van der Waals surface area contributed by atoms with E-state index in [1.165, 1.54) is 5.56 Å². The van der Waals surface area contributed by atoms with Crippen LogP contribution in [-0.2, 0) is 6.54 Å². The molecule has 1 fully saturated rings. The van der Waals surface area contributed by atoms with Gasteiger partial charge in [0.25, 0.3) is 0 Å². The molecule has 2 atom stereocenters. The molecule has 1 aliphatic heterocycles. The fourth-order valence-corrected chi connectivity index (χ4v) is 2.90. The Morgan fingerprint density at radius 1 is 1.26 bits per heavy atom. The SMILES string of the molecule is CC(C)(C)C1CN(Cc2ccccc2)CC1[N+](=O)[O-]. The predicted octanol–water partition coefficient (Wildman–Crippen LogP) is 2.81. The second kappa shape index (κ2) is 5.29. The van der Waals surface area contributed by atoms with Crippen LogP contribution in [0.4, 0.5) is 0 Å². The maximum Gasteiger partial charge on any atom is 0.230 e. The summed E-state index contributed by atoms with van der Waals surface area (Å²) in [5.74, 6) is 0.117. The Morgan fingerprint density at radius 2 is 1.89 bits per heavy atom. The third-order valence-corrected chi connectivity index (χ3v) is 4.00. The van der Waals surface area contributed by atoms with Crippen molar-refractivity contribution in [3.63, 3.8) is 0 Å². The molecule has 0 spiro atoms. The number of benzene rings is 1. The zero-order valence-corrected chi connectivity index (χ0v) is 11.9. The molecule has 0 aliphatic carbocycles. The Morgan fingerprint density at radius 3 is 2.37 bits per heavy atom. The highest BCUT2D eigenvalue weighted by Crippen LogP contribution is 2.35. The van der Waals surface area contributed by atoms with Gasteiger partial charge < -0.3 is 0 Å². The average Bonchev–Trinajstić information content (AvgIpc) is 2.74. The average molecular weight is 262 g/mol. The third kappa shape index (κ3) is 3.32. The minimum Gasteiger partial charge on any atom is -0.292 e. The first kappa shape index (κ1) is 14.0. The normalized spacial score (nSPS) is 24.6. The summed E-state index contributed by atoms with van der Waals surface area (Å²) in [7, 11) is 0. The first-order valence-corrected chi connectivity index (χ1v) is 6.77. The Bertz CT molecular complexity index is 439. The molecule has 1 aliphatic rings. The van der Waals surface area contributed by atoms with Crippen molar-refractivity contribution < 1.29 is 4.92 Å². The number of rotatable bonds is 3. The molecular weight excluding hydrogens is 240 g/mol. The summed E-state index contributed by atoms with van der Waals surface area (Å²) in [6, 6.07) is 9.72. The highest BCUT2D eigenvalue weighted by Gasteiger charge is 2.46. The topological polar surface area (TPSA) is 46.4 Å². The number of hydrogen-bond acceptors (Lipinski definition) is 3. The van der Waals surface area contributed by atoms with Crippen molar-refractivity contribution in [2.24, 2.45) is 11.3 Å². The molecule has 1 saturated heterocycles. The van der Waals surface area contributed by atoms with Crippen molar-refractivity contribution in [2.45, 2.75) is 33.4 Å². The lowest BCUT2D eigenvalue weighted by Crippen LogP contribution is -2.36. The van der Waals surface area contributed by atoms with Gasteiger partial charge in [-0.3, -0.25) is 15.0 Å². The second-order valence-electron chi connectivity index (χ2n) is 6.50. The van der Waals surface area contributed by atoms with Crippen LogP contribution in [-0.4, -0.2) is 29.0 Å². The number of nitro groups is 1. The summed E-state index contributed by atoms with van der Waals surface area (Å²) in [6.45, 7) is 8.46. The Hall–Kier alpha value is -1.42. The Balaban J connectivity index is 2.08. The van der Waals surface area contributed by atoms with Crippen LogP contribution in [0.1, 0.15) is 26.3 Å². The Labute approximate surface area is 114 Å². The smallest absolute Gasteiger partial charge is 0.230 e. The van der Waals surface area contributed by atoms with Crippen molar-refractivity contribution in [3.8, 4) is 0 Å². The molecule has 1 aromatic carbocycles. The van der Waals surface area contributed by atoms with Gasteiger partial charge in [-0.1, -0.05) is 51.1 Å². The molecule has 19 heavy (non-hydrogen) atoms. The van der Waals surface area contributed by atoms with E-state index >= 15 is 0 Å². The summed E-state index contributed by atoms with van der Waals surface area (Å²) in [6.07, 6.45) is 0. The van der Waals surface area contributed by atoms with Gasteiger partial charge in [0.1, 0.15) is 0 Å². The number of nitrogens with zero attached hydrogens (tertiary/aromatic N) is 2. The molecule has 2 rings (SSSR count). The first-order valence-electron chi connectivity index (χ1n) is 6.77. The molecule has 4 heteroatoms. The van der Waals surface area contributed by atoms with Crippen LogP contribution in [0.5, 0.6) is 0 Å². The van der Waals surface area contributed by atoms with Crippen molar-refractivity contribution >= 4 is 0 Å². The molecular formula is C15H22N2O2. The van der Waals surface area contributed by atoms with Crippen LogP contribution in [0.25, 0.3) is 0 Å². The van der Waals surface area contributed by atoms with Crippen molar-refractivity contribution in [1.82, 2.24) is 4.90 Å². The number of likely N-dealkylation sites (tertiary alicyclic amines) is 1. The zero-order chi connectivity index (χ0) is 14.0.